The Morgan fingerprint density at radius 3 is 2.85 bits per heavy atom. The van der Waals surface area contributed by atoms with Gasteiger partial charge in [0.25, 0.3) is 0 Å². The maximum absolute atomic E-state index is 14.6. The predicted octanol–water partition coefficient (Wildman–Crippen LogP) is 5.80. The molecule has 0 bridgehead atoms. The lowest BCUT2D eigenvalue weighted by atomic mass is 9.97. The Balaban J connectivity index is 1.88. The minimum atomic E-state index is -0.595. The van der Waals surface area contributed by atoms with Crippen molar-refractivity contribution in [2.75, 3.05) is 14.2 Å². The van der Waals surface area contributed by atoms with Gasteiger partial charge in [-0.2, -0.15) is 0 Å². The number of allylic oxidation sites excluding steroid dienone is 1. The van der Waals surface area contributed by atoms with Crippen molar-refractivity contribution in [3.8, 4) is 0 Å². The fourth-order valence-corrected chi connectivity index (χ4v) is 5.33. The number of benzene rings is 2. The molecule has 4 aromatic rings. The molecule has 1 aliphatic rings. The van der Waals surface area contributed by atoms with Crippen molar-refractivity contribution in [2.45, 2.75) is 19.2 Å². The highest BCUT2D eigenvalue weighted by Gasteiger charge is 2.31. The van der Waals surface area contributed by atoms with Crippen LogP contribution >= 0.6 is 11.3 Å². The normalized spacial score (nSPS) is 15.9. The van der Waals surface area contributed by atoms with E-state index in [0.29, 0.717) is 17.5 Å². The number of hydrogen-bond donors (Lipinski definition) is 0. The molecule has 0 fully saturated rings. The van der Waals surface area contributed by atoms with E-state index in [9.17, 15) is 13.6 Å². The molecule has 8 heteroatoms. The fraction of sp³-hybridized carbons (Fsp3) is 0.200. The number of esters is 1. The fourth-order valence-electron chi connectivity index (χ4n) is 4.38. The summed E-state index contributed by atoms with van der Waals surface area (Å²) in [6.07, 6.45) is 3.73. The quantitative estimate of drug-likeness (QED) is 0.349. The number of aliphatic imine (C=N–C) groups is 1. The van der Waals surface area contributed by atoms with Gasteiger partial charge in [0.15, 0.2) is 6.23 Å². The molecule has 3 heterocycles. The second kappa shape index (κ2) is 8.53. The van der Waals surface area contributed by atoms with Gasteiger partial charge in [-0.3, -0.25) is 4.99 Å². The third-order valence-corrected chi connectivity index (χ3v) is 6.77. The lowest BCUT2D eigenvalue weighted by Crippen LogP contribution is -2.18. The van der Waals surface area contributed by atoms with E-state index in [0.717, 1.165) is 39.2 Å². The van der Waals surface area contributed by atoms with E-state index in [2.05, 4.69) is 4.99 Å². The highest BCUT2D eigenvalue weighted by molar-refractivity contribution is 7.18. The van der Waals surface area contributed by atoms with Crippen LogP contribution in [0.4, 0.5) is 8.78 Å². The van der Waals surface area contributed by atoms with Gasteiger partial charge in [0, 0.05) is 46.5 Å². The van der Waals surface area contributed by atoms with E-state index in [1.807, 2.05) is 29.7 Å². The van der Waals surface area contributed by atoms with Crippen molar-refractivity contribution >= 4 is 50.1 Å². The topological polar surface area (TPSA) is 52.8 Å². The van der Waals surface area contributed by atoms with Crippen LogP contribution < -0.4 is 0 Å². The van der Waals surface area contributed by atoms with Crippen LogP contribution in [0.25, 0.3) is 26.6 Å². The highest BCUT2D eigenvalue weighted by Crippen LogP contribution is 2.42. The standard InChI is InChI=1S/C25H20F2N2O3S/c1-31-24-17(4-3-10-28-24)20-21-19(8-5-14-9-11-33-23(14)21)29(22(20)25(30)32-2)13-15-12-16(26)6-7-18(15)27/h4-12,24H,3,13H2,1-2H3. The molecule has 1 aliphatic heterocycles. The number of ether oxygens (including phenoxy) is 2. The average Bonchev–Trinajstić information content (AvgIpc) is 3.43. The first kappa shape index (κ1) is 21.5. The SMILES string of the molecule is COC(=O)c1c(C2=CCC=NC2OC)c2c3sccc3ccc2n1Cc1cc(F)ccc1F. The smallest absolute Gasteiger partial charge is 0.355 e. The van der Waals surface area contributed by atoms with Crippen molar-refractivity contribution in [2.24, 2.45) is 4.99 Å². The van der Waals surface area contributed by atoms with Crippen LogP contribution in [0.2, 0.25) is 0 Å². The number of carbonyl (C=O) groups excluding carboxylic acids is 1. The summed E-state index contributed by atoms with van der Waals surface area (Å²) >= 11 is 1.55. The number of hydrogen-bond acceptors (Lipinski definition) is 5. The third-order valence-electron chi connectivity index (χ3n) is 5.82. The van der Waals surface area contributed by atoms with Gasteiger partial charge in [-0.15, -0.1) is 11.3 Å². The summed E-state index contributed by atoms with van der Waals surface area (Å²) in [4.78, 5) is 17.6. The molecule has 168 valence electrons. The van der Waals surface area contributed by atoms with Gasteiger partial charge < -0.3 is 14.0 Å². The van der Waals surface area contributed by atoms with E-state index < -0.39 is 23.8 Å². The zero-order valence-electron chi connectivity index (χ0n) is 18.0. The molecule has 1 atom stereocenters. The maximum Gasteiger partial charge on any atom is 0.355 e. The average molecular weight is 467 g/mol. The number of aromatic nitrogens is 1. The molecule has 5 nitrogen and oxygen atoms in total. The van der Waals surface area contributed by atoms with E-state index in [-0.39, 0.29) is 17.8 Å². The van der Waals surface area contributed by atoms with Gasteiger partial charge in [-0.05, 0) is 41.1 Å². The Labute approximate surface area is 192 Å². The number of methoxy groups -OCH3 is 2. The second-order valence-electron chi connectivity index (χ2n) is 7.65. The number of nitrogens with zero attached hydrogens (tertiary/aromatic N) is 2. The first-order chi connectivity index (χ1) is 16.0. The van der Waals surface area contributed by atoms with E-state index >= 15 is 0 Å². The molecule has 33 heavy (non-hydrogen) atoms. The molecule has 0 saturated carbocycles. The number of dihydropyridines is 1. The highest BCUT2D eigenvalue weighted by atomic mass is 32.1. The van der Waals surface area contributed by atoms with Crippen molar-refractivity contribution in [3.63, 3.8) is 0 Å². The van der Waals surface area contributed by atoms with Gasteiger partial charge in [0.1, 0.15) is 17.3 Å². The molecule has 0 spiro atoms. The Kier molecular flexibility index (Phi) is 5.55. The van der Waals surface area contributed by atoms with Gasteiger partial charge in [-0.1, -0.05) is 12.1 Å². The number of thiophene rings is 1. The molecule has 2 aromatic heterocycles. The molecule has 2 aromatic carbocycles. The predicted molar refractivity (Wildman–Crippen MR) is 126 cm³/mol. The number of carbonyl (C=O) groups is 1. The third kappa shape index (κ3) is 3.55. The summed E-state index contributed by atoms with van der Waals surface area (Å²) in [5, 5.41) is 3.84. The Hall–Kier alpha value is -3.36. The van der Waals surface area contributed by atoms with Gasteiger partial charge in [-0.25, -0.2) is 13.6 Å². The first-order valence-corrected chi connectivity index (χ1v) is 11.2. The summed E-state index contributed by atoms with van der Waals surface area (Å²) in [5.41, 5.74) is 2.49. The summed E-state index contributed by atoms with van der Waals surface area (Å²) in [7, 11) is 2.86. The van der Waals surface area contributed by atoms with E-state index in [4.69, 9.17) is 9.47 Å². The zero-order valence-corrected chi connectivity index (χ0v) is 18.8. The largest absolute Gasteiger partial charge is 0.464 e. The minimum absolute atomic E-state index is 0.0460. The lowest BCUT2D eigenvalue weighted by molar-refractivity contribution is 0.0589. The second-order valence-corrected chi connectivity index (χ2v) is 8.57. The molecule has 0 saturated heterocycles. The van der Waals surface area contributed by atoms with Crippen molar-refractivity contribution in [1.29, 1.82) is 0 Å². The van der Waals surface area contributed by atoms with Gasteiger partial charge in [0.05, 0.1) is 19.2 Å². The minimum Gasteiger partial charge on any atom is -0.464 e. The number of halogens is 2. The Morgan fingerprint density at radius 2 is 2.06 bits per heavy atom. The summed E-state index contributed by atoms with van der Waals surface area (Å²) in [6, 6.07) is 9.17. The molecule has 0 radical (unpaired) electrons. The van der Waals surface area contributed by atoms with Crippen molar-refractivity contribution in [3.05, 3.63) is 76.3 Å². The number of rotatable bonds is 5. The number of fused-ring (bicyclic) bond motifs is 3. The van der Waals surface area contributed by atoms with Crippen molar-refractivity contribution < 1.29 is 23.0 Å². The van der Waals surface area contributed by atoms with Crippen LogP contribution in [-0.2, 0) is 16.0 Å². The lowest BCUT2D eigenvalue weighted by Gasteiger charge is -2.19. The summed E-state index contributed by atoms with van der Waals surface area (Å²) in [5.74, 6) is -1.68. The van der Waals surface area contributed by atoms with Gasteiger partial charge >= 0.3 is 5.97 Å². The van der Waals surface area contributed by atoms with Crippen LogP contribution in [0.1, 0.15) is 28.0 Å². The van der Waals surface area contributed by atoms with Crippen LogP contribution in [0.5, 0.6) is 0 Å². The first-order valence-electron chi connectivity index (χ1n) is 10.3. The van der Waals surface area contributed by atoms with Crippen LogP contribution in [-0.4, -0.2) is 37.2 Å². The molecule has 0 N–H and O–H groups in total. The summed E-state index contributed by atoms with van der Waals surface area (Å²) in [6.45, 7) is -0.0460. The summed E-state index contributed by atoms with van der Waals surface area (Å²) < 4.78 is 42.0. The molecular weight excluding hydrogens is 446 g/mol. The molecular formula is C25H20F2N2O3S. The van der Waals surface area contributed by atoms with Crippen LogP contribution in [0.15, 0.2) is 52.8 Å². The maximum atomic E-state index is 14.6. The zero-order chi connectivity index (χ0) is 23.1. The van der Waals surface area contributed by atoms with Crippen LogP contribution in [0.3, 0.4) is 0 Å². The Bertz CT molecular complexity index is 1450. The van der Waals surface area contributed by atoms with E-state index in [1.54, 1.807) is 29.2 Å². The Morgan fingerprint density at radius 1 is 1.21 bits per heavy atom. The monoisotopic (exact) mass is 466 g/mol. The van der Waals surface area contributed by atoms with Crippen LogP contribution in [0, 0.1) is 11.6 Å². The molecule has 0 aliphatic carbocycles. The van der Waals surface area contributed by atoms with Crippen molar-refractivity contribution in [1.82, 2.24) is 4.57 Å². The van der Waals surface area contributed by atoms with E-state index in [1.165, 1.54) is 7.11 Å². The molecule has 1 unspecified atom stereocenters. The molecule has 5 rings (SSSR count). The molecule has 0 amide bonds. The van der Waals surface area contributed by atoms with Gasteiger partial charge in [0.2, 0.25) is 0 Å².